The second kappa shape index (κ2) is 8.62. The van der Waals surface area contributed by atoms with Crippen LogP contribution in [0.15, 0.2) is 42.5 Å². The number of benzene rings is 2. The summed E-state index contributed by atoms with van der Waals surface area (Å²) >= 11 is 0. The zero-order valence-electron chi connectivity index (χ0n) is 16.7. The van der Waals surface area contributed by atoms with Crippen LogP contribution in [0.2, 0.25) is 0 Å². The maximum absolute atomic E-state index is 12.7. The zero-order chi connectivity index (χ0) is 21.1. The van der Waals surface area contributed by atoms with Gasteiger partial charge in [-0.15, -0.1) is 0 Å². The largest absolute Gasteiger partial charge is 0.479 e. The fourth-order valence-electron chi connectivity index (χ4n) is 3.55. The molecular weight excluding hydrogens is 388 g/mol. The van der Waals surface area contributed by atoms with E-state index < -0.39 is 12.1 Å². The average Bonchev–Trinajstić information content (AvgIpc) is 3.19. The molecule has 0 radical (unpaired) electrons. The van der Waals surface area contributed by atoms with Gasteiger partial charge in [-0.2, -0.15) is 0 Å². The van der Waals surface area contributed by atoms with Crippen molar-refractivity contribution in [2.75, 3.05) is 26.4 Å². The number of ether oxygens (including phenoxy) is 3. The molecule has 1 unspecified atom stereocenters. The van der Waals surface area contributed by atoms with Crippen LogP contribution in [-0.4, -0.2) is 59.3 Å². The highest BCUT2D eigenvalue weighted by Crippen LogP contribution is 2.33. The van der Waals surface area contributed by atoms with Gasteiger partial charge in [0.2, 0.25) is 12.7 Å². The molecule has 1 atom stereocenters. The molecule has 0 spiro atoms. The minimum absolute atomic E-state index is 0.0521. The first-order chi connectivity index (χ1) is 14.5. The Kier molecular flexibility index (Phi) is 5.76. The molecule has 8 nitrogen and oxygen atoms in total. The van der Waals surface area contributed by atoms with Crippen LogP contribution >= 0.6 is 0 Å². The lowest BCUT2D eigenvalue weighted by molar-refractivity contribution is -0.144. The molecule has 0 bridgehead atoms. The Balaban J connectivity index is 1.36. The number of carbonyl (C=O) groups is 2. The van der Waals surface area contributed by atoms with E-state index in [0.717, 1.165) is 23.4 Å². The van der Waals surface area contributed by atoms with Crippen LogP contribution in [0, 0.1) is 0 Å². The molecule has 1 fully saturated rings. The molecule has 0 aromatic heterocycles. The molecule has 1 saturated heterocycles. The van der Waals surface area contributed by atoms with Crippen molar-refractivity contribution in [2.45, 2.75) is 26.1 Å². The third-order valence-corrected chi connectivity index (χ3v) is 5.23. The van der Waals surface area contributed by atoms with E-state index in [0.29, 0.717) is 37.7 Å². The summed E-state index contributed by atoms with van der Waals surface area (Å²) < 4.78 is 16.3. The molecule has 30 heavy (non-hydrogen) atoms. The normalized spacial score (nSPS) is 17.1. The van der Waals surface area contributed by atoms with Crippen molar-refractivity contribution in [1.82, 2.24) is 9.80 Å². The Hall–Kier alpha value is -3.26. The van der Waals surface area contributed by atoms with Crippen molar-refractivity contribution >= 4 is 11.9 Å². The van der Waals surface area contributed by atoms with Gasteiger partial charge in [-0.25, -0.2) is 4.79 Å². The van der Waals surface area contributed by atoms with Crippen LogP contribution in [0.1, 0.15) is 18.1 Å². The van der Waals surface area contributed by atoms with Gasteiger partial charge in [0.15, 0.2) is 17.6 Å². The van der Waals surface area contributed by atoms with E-state index in [1.807, 2.05) is 46.2 Å². The van der Waals surface area contributed by atoms with E-state index in [1.165, 1.54) is 6.92 Å². The fourth-order valence-corrected chi connectivity index (χ4v) is 3.55. The number of hydrogen-bond donors (Lipinski definition) is 1. The number of carbonyl (C=O) groups excluding carboxylic acids is 1. The van der Waals surface area contributed by atoms with Crippen molar-refractivity contribution < 1.29 is 28.9 Å². The summed E-state index contributed by atoms with van der Waals surface area (Å²) in [6.07, 6.45) is -0.939. The summed E-state index contributed by atoms with van der Waals surface area (Å²) in [5.74, 6) is 1.01. The third kappa shape index (κ3) is 4.49. The quantitative estimate of drug-likeness (QED) is 0.745. The molecule has 1 N–H and O–H groups in total. The zero-order valence-corrected chi connectivity index (χ0v) is 16.7. The Morgan fingerprint density at radius 3 is 2.73 bits per heavy atom. The first-order valence-electron chi connectivity index (χ1n) is 9.85. The number of carboxylic acids is 1. The highest BCUT2D eigenvalue weighted by atomic mass is 16.7. The number of amides is 1. The number of fused-ring (bicyclic) bond motifs is 1. The van der Waals surface area contributed by atoms with E-state index >= 15 is 0 Å². The molecule has 2 heterocycles. The number of nitrogens with zero attached hydrogens (tertiary/aromatic N) is 2. The van der Waals surface area contributed by atoms with Crippen LogP contribution in [-0.2, 0) is 22.7 Å². The van der Waals surface area contributed by atoms with Crippen molar-refractivity contribution in [3.05, 3.63) is 53.6 Å². The van der Waals surface area contributed by atoms with E-state index in [4.69, 9.17) is 19.3 Å². The second-order valence-corrected chi connectivity index (χ2v) is 7.42. The molecular formula is C22H24N2O6. The minimum Gasteiger partial charge on any atom is -0.479 e. The van der Waals surface area contributed by atoms with Gasteiger partial charge >= 0.3 is 5.97 Å². The van der Waals surface area contributed by atoms with Crippen LogP contribution in [0.4, 0.5) is 0 Å². The first-order valence-corrected chi connectivity index (χ1v) is 9.85. The number of carboxylic acid groups (broad SMARTS) is 1. The van der Waals surface area contributed by atoms with Gasteiger partial charge in [-0.1, -0.05) is 24.3 Å². The van der Waals surface area contributed by atoms with Crippen molar-refractivity contribution in [1.29, 1.82) is 0 Å². The molecule has 8 heteroatoms. The van der Waals surface area contributed by atoms with Gasteiger partial charge < -0.3 is 24.2 Å². The molecule has 4 rings (SSSR count). The molecule has 2 aromatic rings. The molecule has 2 aliphatic rings. The van der Waals surface area contributed by atoms with Crippen LogP contribution < -0.4 is 14.2 Å². The molecule has 158 valence electrons. The van der Waals surface area contributed by atoms with Gasteiger partial charge in [0.05, 0.1) is 6.54 Å². The summed E-state index contributed by atoms with van der Waals surface area (Å²) in [5.41, 5.74) is 1.87. The lowest BCUT2D eigenvalue weighted by atomic mass is 10.1. The van der Waals surface area contributed by atoms with Gasteiger partial charge in [0.25, 0.3) is 0 Å². The Morgan fingerprint density at radius 2 is 1.93 bits per heavy atom. The summed E-state index contributed by atoms with van der Waals surface area (Å²) in [7, 11) is 0. The number of hydrogen-bond acceptors (Lipinski definition) is 6. The fraction of sp³-hybridized carbons (Fsp3) is 0.364. The number of para-hydroxylation sites is 1. The van der Waals surface area contributed by atoms with Crippen molar-refractivity contribution in [3.8, 4) is 17.2 Å². The Morgan fingerprint density at radius 1 is 1.13 bits per heavy atom. The average molecular weight is 412 g/mol. The van der Waals surface area contributed by atoms with Gasteiger partial charge in [0, 0.05) is 31.7 Å². The molecule has 0 saturated carbocycles. The Bertz CT molecular complexity index is 947. The van der Waals surface area contributed by atoms with Gasteiger partial charge in [0.1, 0.15) is 5.75 Å². The maximum atomic E-state index is 12.7. The summed E-state index contributed by atoms with van der Waals surface area (Å²) in [5, 5.41) is 9.09. The summed E-state index contributed by atoms with van der Waals surface area (Å²) in [4.78, 5) is 27.7. The number of rotatable bonds is 7. The number of aliphatic carboxylic acids is 1. The standard InChI is InChI=1S/C22H24N2O6/c1-15(22(26)27)30-18-5-3-2-4-17(18)12-23-8-9-24(21(25)13-23)11-16-6-7-19-20(10-16)29-14-28-19/h2-7,10,15H,8-9,11-14H2,1H3,(H,26,27). The predicted octanol–water partition coefficient (Wildman–Crippen LogP) is 2.11. The van der Waals surface area contributed by atoms with Crippen LogP contribution in [0.5, 0.6) is 17.2 Å². The lowest BCUT2D eigenvalue weighted by Crippen LogP contribution is -2.49. The molecule has 1 amide bonds. The smallest absolute Gasteiger partial charge is 0.344 e. The summed E-state index contributed by atoms with van der Waals surface area (Å²) in [6.45, 7) is 4.41. The number of piperazine rings is 1. The molecule has 2 aliphatic heterocycles. The first kappa shape index (κ1) is 20.0. The SMILES string of the molecule is CC(Oc1ccccc1CN1CCN(Cc2ccc3c(c2)OCO3)C(=O)C1)C(=O)O. The van der Waals surface area contributed by atoms with Gasteiger partial charge in [-0.3, -0.25) is 9.69 Å². The summed E-state index contributed by atoms with van der Waals surface area (Å²) in [6, 6.07) is 13.1. The van der Waals surface area contributed by atoms with E-state index in [-0.39, 0.29) is 12.7 Å². The van der Waals surface area contributed by atoms with E-state index in [9.17, 15) is 9.59 Å². The van der Waals surface area contributed by atoms with E-state index in [1.54, 1.807) is 6.07 Å². The topological polar surface area (TPSA) is 88.5 Å². The van der Waals surface area contributed by atoms with Gasteiger partial charge in [-0.05, 0) is 30.7 Å². The van der Waals surface area contributed by atoms with Crippen LogP contribution in [0.3, 0.4) is 0 Å². The second-order valence-electron chi connectivity index (χ2n) is 7.42. The maximum Gasteiger partial charge on any atom is 0.344 e. The van der Waals surface area contributed by atoms with Crippen molar-refractivity contribution in [3.63, 3.8) is 0 Å². The Labute approximate surface area is 174 Å². The molecule has 0 aliphatic carbocycles. The third-order valence-electron chi connectivity index (χ3n) is 5.23. The molecule has 2 aromatic carbocycles. The minimum atomic E-state index is -1.02. The lowest BCUT2D eigenvalue weighted by Gasteiger charge is -2.34. The predicted molar refractivity (Wildman–Crippen MR) is 107 cm³/mol. The van der Waals surface area contributed by atoms with Crippen molar-refractivity contribution in [2.24, 2.45) is 0 Å². The highest BCUT2D eigenvalue weighted by molar-refractivity contribution is 5.79. The monoisotopic (exact) mass is 412 g/mol. The highest BCUT2D eigenvalue weighted by Gasteiger charge is 2.25. The van der Waals surface area contributed by atoms with Crippen LogP contribution in [0.25, 0.3) is 0 Å². The van der Waals surface area contributed by atoms with E-state index in [2.05, 4.69) is 0 Å².